The summed E-state index contributed by atoms with van der Waals surface area (Å²) in [5.74, 6) is 0.154. The number of carbonyl (C=O) groups excluding carboxylic acids is 2. The second-order valence-corrected chi connectivity index (χ2v) is 7.61. The number of anilines is 1. The number of hydrogen-bond acceptors (Lipinski definition) is 5. The van der Waals surface area contributed by atoms with Gasteiger partial charge in [-0.15, -0.1) is 0 Å². The summed E-state index contributed by atoms with van der Waals surface area (Å²) < 4.78 is 11.4. The summed E-state index contributed by atoms with van der Waals surface area (Å²) in [6, 6.07) is 14.9. The predicted molar refractivity (Wildman–Crippen MR) is 114 cm³/mol. The number of para-hydroxylation sites is 1. The Hall–Kier alpha value is -3.10. The van der Waals surface area contributed by atoms with Crippen LogP contribution in [0.2, 0.25) is 0 Å². The number of amides is 3. The smallest absolute Gasteiger partial charge is 0.319 e. The first-order chi connectivity index (χ1) is 15.2. The number of rotatable bonds is 6. The molecule has 2 aliphatic heterocycles. The van der Waals surface area contributed by atoms with Gasteiger partial charge in [0.1, 0.15) is 5.75 Å². The van der Waals surface area contributed by atoms with Gasteiger partial charge in [0.2, 0.25) is 0 Å². The van der Waals surface area contributed by atoms with Crippen LogP contribution >= 0.6 is 0 Å². The molecule has 2 aromatic rings. The molecule has 0 radical (unpaired) electrons. The second-order valence-electron chi connectivity index (χ2n) is 7.61. The molecule has 164 valence electrons. The first kappa shape index (κ1) is 21.1. The SMILES string of the molecule is O=C(NCc1ccccc1)Nc1cccc2c1OC(C(=O)NOC1CCCCO1)CC2. The average molecular weight is 425 g/mol. The molecule has 2 aromatic carbocycles. The lowest BCUT2D eigenvalue weighted by Crippen LogP contribution is -2.43. The van der Waals surface area contributed by atoms with E-state index in [0.717, 1.165) is 30.4 Å². The number of hydroxylamine groups is 1. The maximum Gasteiger partial charge on any atom is 0.319 e. The minimum atomic E-state index is -0.702. The summed E-state index contributed by atoms with van der Waals surface area (Å²) in [6.07, 6.45) is 2.83. The van der Waals surface area contributed by atoms with Gasteiger partial charge < -0.3 is 20.1 Å². The van der Waals surface area contributed by atoms with Gasteiger partial charge in [-0.3, -0.25) is 4.79 Å². The molecule has 3 amide bonds. The van der Waals surface area contributed by atoms with E-state index in [-0.39, 0.29) is 11.9 Å². The van der Waals surface area contributed by atoms with E-state index in [1.807, 2.05) is 42.5 Å². The third-order valence-corrected chi connectivity index (χ3v) is 5.30. The molecule has 1 fully saturated rings. The van der Waals surface area contributed by atoms with Crippen LogP contribution in [0, 0.1) is 0 Å². The molecule has 0 aliphatic carbocycles. The van der Waals surface area contributed by atoms with Crippen molar-refractivity contribution in [2.75, 3.05) is 11.9 Å². The Balaban J connectivity index is 1.33. The molecule has 2 aliphatic rings. The van der Waals surface area contributed by atoms with Gasteiger partial charge in [0, 0.05) is 19.6 Å². The Morgan fingerprint density at radius 1 is 1.03 bits per heavy atom. The van der Waals surface area contributed by atoms with Crippen LogP contribution in [0.25, 0.3) is 0 Å². The van der Waals surface area contributed by atoms with Gasteiger partial charge in [-0.05, 0) is 42.9 Å². The summed E-state index contributed by atoms with van der Waals surface area (Å²) in [5.41, 5.74) is 4.94. The van der Waals surface area contributed by atoms with E-state index >= 15 is 0 Å². The van der Waals surface area contributed by atoms with E-state index in [2.05, 4.69) is 16.1 Å². The normalized spacial score (nSPS) is 20.1. The zero-order valence-electron chi connectivity index (χ0n) is 17.3. The van der Waals surface area contributed by atoms with Crippen LogP contribution in [0.5, 0.6) is 5.75 Å². The Morgan fingerprint density at radius 2 is 1.90 bits per heavy atom. The highest BCUT2D eigenvalue weighted by molar-refractivity contribution is 5.91. The minimum absolute atomic E-state index is 0.342. The highest BCUT2D eigenvalue weighted by atomic mass is 16.8. The van der Waals surface area contributed by atoms with Gasteiger partial charge in [0.05, 0.1) is 5.69 Å². The summed E-state index contributed by atoms with van der Waals surface area (Å²) >= 11 is 0. The van der Waals surface area contributed by atoms with Crippen LogP contribution in [-0.4, -0.2) is 30.9 Å². The Labute approximate surface area is 181 Å². The fourth-order valence-electron chi connectivity index (χ4n) is 3.63. The lowest BCUT2D eigenvalue weighted by atomic mass is 10.0. The molecule has 0 bridgehead atoms. The van der Waals surface area contributed by atoms with Crippen molar-refractivity contribution in [1.29, 1.82) is 0 Å². The van der Waals surface area contributed by atoms with Crippen LogP contribution in [0.15, 0.2) is 48.5 Å². The number of hydrogen-bond donors (Lipinski definition) is 3. The highest BCUT2D eigenvalue weighted by Crippen LogP contribution is 2.35. The molecule has 0 spiro atoms. The monoisotopic (exact) mass is 425 g/mol. The molecule has 8 heteroatoms. The average Bonchev–Trinajstić information content (AvgIpc) is 2.82. The molecule has 8 nitrogen and oxygen atoms in total. The van der Waals surface area contributed by atoms with Crippen LogP contribution in [0.1, 0.15) is 36.8 Å². The number of aryl methyl sites for hydroxylation is 1. The number of carbonyl (C=O) groups is 2. The van der Waals surface area contributed by atoms with Gasteiger partial charge in [-0.2, -0.15) is 0 Å². The van der Waals surface area contributed by atoms with E-state index in [1.54, 1.807) is 6.07 Å². The van der Waals surface area contributed by atoms with E-state index < -0.39 is 12.4 Å². The molecule has 2 unspecified atom stereocenters. The molecular weight excluding hydrogens is 398 g/mol. The van der Waals surface area contributed by atoms with Crippen LogP contribution in [-0.2, 0) is 27.3 Å². The minimum Gasteiger partial charge on any atom is -0.478 e. The van der Waals surface area contributed by atoms with Crippen molar-refractivity contribution in [2.45, 2.75) is 51.0 Å². The molecule has 2 atom stereocenters. The molecule has 1 saturated heterocycles. The maximum absolute atomic E-state index is 12.5. The van der Waals surface area contributed by atoms with E-state index in [1.165, 1.54) is 0 Å². The third-order valence-electron chi connectivity index (χ3n) is 5.30. The van der Waals surface area contributed by atoms with Crippen molar-refractivity contribution in [2.24, 2.45) is 0 Å². The fourth-order valence-corrected chi connectivity index (χ4v) is 3.63. The maximum atomic E-state index is 12.5. The quantitative estimate of drug-likeness (QED) is 0.617. The van der Waals surface area contributed by atoms with E-state index in [0.29, 0.717) is 37.4 Å². The van der Waals surface area contributed by atoms with Crippen molar-refractivity contribution in [1.82, 2.24) is 10.8 Å². The summed E-state index contributed by atoms with van der Waals surface area (Å²) in [7, 11) is 0. The van der Waals surface area contributed by atoms with Gasteiger partial charge >= 0.3 is 6.03 Å². The van der Waals surface area contributed by atoms with Crippen LogP contribution in [0.3, 0.4) is 0 Å². The number of urea groups is 1. The van der Waals surface area contributed by atoms with Crippen molar-refractivity contribution in [3.63, 3.8) is 0 Å². The lowest BCUT2D eigenvalue weighted by molar-refractivity contribution is -0.203. The molecule has 4 rings (SSSR count). The highest BCUT2D eigenvalue weighted by Gasteiger charge is 2.29. The van der Waals surface area contributed by atoms with E-state index in [9.17, 15) is 9.59 Å². The number of ether oxygens (including phenoxy) is 2. The topological polar surface area (TPSA) is 97.9 Å². The second kappa shape index (κ2) is 10.3. The fraction of sp³-hybridized carbons (Fsp3) is 0.391. The zero-order valence-corrected chi connectivity index (χ0v) is 17.3. The van der Waals surface area contributed by atoms with Gasteiger partial charge in [-0.1, -0.05) is 42.5 Å². The van der Waals surface area contributed by atoms with Gasteiger partial charge in [0.15, 0.2) is 12.4 Å². The largest absolute Gasteiger partial charge is 0.478 e. The molecule has 0 aromatic heterocycles. The van der Waals surface area contributed by atoms with Gasteiger partial charge in [0.25, 0.3) is 5.91 Å². The number of benzene rings is 2. The van der Waals surface area contributed by atoms with Crippen molar-refractivity contribution >= 4 is 17.6 Å². The summed E-state index contributed by atoms with van der Waals surface area (Å²) in [5, 5.41) is 5.65. The van der Waals surface area contributed by atoms with Crippen LogP contribution in [0.4, 0.5) is 10.5 Å². The first-order valence-electron chi connectivity index (χ1n) is 10.6. The number of nitrogens with one attached hydrogen (secondary N) is 3. The Morgan fingerprint density at radius 3 is 2.71 bits per heavy atom. The molecule has 0 saturated carbocycles. The molecule has 31 heavy (non-hydrogen) atoms. The van der Waals surface area contributed by atoms with Crippen molar-refractivity contribution in [3.8, 4) is 5.75 Å². The van der Waals surface area contributed by atoms with Crippen molar-refractivity contribution < 1.29 is 23.9 Å². The van der Waals surface area contributed by atoms with E-state index in [4.69, 9.17) is 14.3 Å². The zero-order chi connectivity index (χ0) is 21.5. The number of fused-ring (bicyclic) bond motifs is 1. The molecule has 2 heterocycles. The Bertz CT molecular complexity index is 899. The molecule has 3 N–H and O–H groups in total. The third kappa shape index (κ3) is 5.74. The first-order valence-corrected chi connectivity index (χ1v) is 10.6. The summed E-state index contributed by atoms with van der Waals surface area (Å²) in [4.78, 5) is 30.3. The van der Waals surface area contributed by atoms with Crippen molar-refractivity contribution in [3.05, 3.63) is 59.7 Å². The van der Waals surface area contributed by atoms with Gasteiger partial charge in [-0.25, -0.2) is 15.1 Å². The van der Waals surface area contributed by atoms with Crippen LogP contribution < -0.4 is 20.9 Å². The standard InChI is InChI=1S/C23H27N3O5/c27-22(26-31-20-11-4-5-14-29-20)19-13-12-17-9-6-10-18(21(17)30-19)25-23(28)24-15-16-7-2-1-3-8-16/h1-3,6-10,19-20H,4-5,11-15H2,(H,26,27)(H2,24,25,28). The lowest BCUT2D eigenvalue weighted by Gasteiger charge is -2.28. The predicted octanol–water partition coefficient (Wildman–Crippen LogP) is 3.28. The Kier molecular flexibility index (Phi) is 7.01. The summed E-state index contributed by atoms with van der Waals surface area (Å²) in [6.45, 7) is 1.05. The molecular formula is C23H27N3O5.